The number of aromatic nitrogens is 2. The Morgan fingerprint density at radius 2 is 1.90 bits per heavy atom. The molecule has 0 amide bonds. The smallest absolute Gasteiger partial charge is 0.369 e. The highest BCUT2D eigenvalue weighted by molar-refractivity contribution is 7.90. The van der Waals surface area contributed by atoms with E-state index in [-0.39, 0.29) is 21.7 Å². The first kappa shape index (κ1) is 15.4. The maximum Gasteiger partial charge on any atom is 0.369 e. The van der Waals surface area contributed by atoms with Gasteiger partial charge in [-0.05, 0) is 42.5 Å². The molecule has 0 unspecified atom stereocenters. The number of ether oxygens (including phenoxy) is 2. The third kappa shape index (κ3) is 3.99. The normalized spacial score (nSPS) is 11.1. The van der Waals surface area contributed by atoms with E-state index in [1.807, 2.05) is 0 Å². The Morgan fingerprint density at radius 3 is 2.48 bits per heavy atom. The molecule has 1 aromatic carbocycles. The topological polar surface area (TPSA) is 95.4 Å². The van der Waals surface area contributed by atoms with Gasteiger partial charge in [0.2, 0.25) is 5.01 Å². The van der Waals surface area contributed by atoms with Crippen LogP contribution in [0.25, 0.3) is 0 Å². The first-order valence-electron chi connectivity index (χ1n) is 5.88. The molecule has 0 atom stereocenters. The van der Waals surface area contributed by atoms with Crippen molar-refractivity contribution >= 4 is 27.1 Å². The van der Waals surface area contributed by atoms with Gasteiger partial charge in [0.1, 0.15) is 5.75 Å². The van der Waals surface area contributed by atoms with Crippen LogP contribution >= 0.6 is 11.3 Å². The van der Waals surface area contributed by atoms with Crippen molar-refractivity contribution in [1.82, 2.24) is 10.2 Å². The van der Waals surface area contributed by atoms with E-state index in [4.69, 9.17) is 9.47 Å². The van der Waals surface area contributed by atoms with Crippen LogP contribution in [0.4, 0.5) is 0 Å². The molecule has 0 spiro atoms. The van der Waals surface area contributed by atoms with Crippen LogP contribution in [0.2, 0.25) is 0 Å². The summed E-state index contributed by atoms with van der Waals surface area (Å²) in [6.07, 6.45) is 1.12. The van der Waals surface area contributed by atoms with Crippen LogP contribution in [0.5, 0.6) is 10.9 Å². The summed E-state index contributed by atoms with van der Waals surface area (Å²) in [5.74, 6) is -0.161. The molecule has 2 rings (SSSR count). The van der Waals surface area contributed by atoms with Crippen LogP contribution in [0.15, 0.2) is 29.2 Å². The van der Waals surface area contributed by atoms with Crippen LogP contribution in [-0.4, -0.2) is 37.4 Å². The second-order valence-electron chi connectivity index (χ2n) is 3.94. The summed E-state index contributed by atoms with van der Waals surface area (Å²) in [4.78, 5) is 11.6. The Labute approximate surface area is 125 Å². The Hall–Kier alpha value is -2.00. The summed E-state index contributed by atoms with van der Waals surface area (Å²) in [6, 6.07) is 5.86. The molecule has 0 saturated heterocycles. The van der Waals surface area contributed by atoms with Gasteiger partial charge in [-0.2, -0.15) is 0 Å². The second-order valence-corrected chi connectivity index (χ2v) is 6.90. The van der Waals surface area contributed by atoms with E-state index in [0.717, 1.165) is 17.6 Å². The van der Waals surface area contributed by atoms with Gasteiger partial charge in [-0.15, -0.1) is 5.10 Å². The lowest BCUT2D eigenvalue weighted by Gasteiger charge is -2.02. The molecule has 1 aromatic heterocycles. The van der Waals surface area contributed by atoms with Crippen molar-refractivity contribution in [2.45, 2.75) is 11.8 Å². The summed E-state index contributed by atoms with van der Waals surface area (Å²) < 4.78 is 32.8. The van der Waals surface area contributed by atoms with E-state index >= 15 is 0 Å². The number of sulfone groups is 1. The first-order valence-corrected chi connectivity index (χ1v) is 8.59. The predicted octanol–water partition coefficient (Wildman–Crippen LogP) is 1.91. The van der Waals surface area contributed by atoms with Gasteiger partial charge in [0, 0.05) is 6.26 Å². The van der Waals surface area contributed by atoms with Crippen molar-refractivity contribution in [2.24, 2.45) is 0 Å². The van der Waals surface area contributed by atoms with Crippen LogP contribution in [0.1, 0.15) is 16.7 Å². The molecule has 0 fully saturated rings. The fraction of sp³-hybridized carbons (Fsp3) is 0.250. The summed E-state index contributed by atoms with van der Waals surface area (Å²) in [5, 5.41) is 7.64. The van der Waals surface area contributed by atoms with E-state index in [0.29, 0.717) is 5.75 Å². The summed E-state index contributed by atoms with van der Waals surface area (Å²) in [7, 11) is -3.25. The van der Waals surface area contributed by atoms with Gasteiger partial charge in [-0.3, -0.25) is 0 Å². The summed E-state index contributed by atoms with van der Waals surface area (Å²) >= 11 is 0.948. The molecule has 2 aromatic rings. The molecule has 0 bridgehead atoms. The third-order valence-corrected chi connectivity index (χ3v) is 4.22. The molecule has 1 heterocycles. The largest absolute Gasteiger partial charge is 0.461 e. The van der Waals surface area contributed by atoms with Crippen molar-refractivity contribution in [2.75, 3.05) is 12.9 Å². The zero-order valence-electron chi connectivity index (χ0n) is 11.3. The first-order chi connectivity index (χ1) is 9.90. The zero-order chi connectivity index (χ0) is 15.5. The number of benzene rings is 1. The molecule has 0 aliphatic heterocycles. The maximum atomic E-state index is 11.4. The number of esters is 1. The number of nitrogens with zero attached hydrogens (tertiary/aromatic N) is 2. The molecule has 0 N–H and O–H groups in total. The SMILES string of the molecule is CCOC(=O)c1nnc(Oc2ccc(S(C)(=O)=O)cc2)s1. The average Bonchev–Trinajstić information content (AvgIpc) is 2.87. The average molecular weight is 328 g/mol. The quantitative estimate of drug-likeness (QED) is 0.774. The fourth-order valence-electron chi connectivity index (χ4n) is 1.38. The van der Waals surface area contributed by atoms with E-state index < -0.39 is 15.8 Å². The number of carbonyl (C=O) groups is 1. The van der Waals surface area contributed by atoms with Gasteiger partial charge in [0.05, 0.1) is 11.5 Å². The Bertz CT molecular complexity index is 737. The van der Waals surface area contributed by atoms with E-state index in [9.17, 15) is 13.2 Å². The molecule has 112 valence electrons. The molecular weight excluding hydrogens is 316 g/mol. The van der Waals surface area contributed by atoms with Crippen molar-refractivity contribution in [3.05, 3.63) is 29.3 Å². The lowest BCUT2D eigenvalue weighted by Crippen LogP contribution is -2.03. The lowest BCUT2D eigenvalue weighted by atomic mass is 10.3. The van der Waals surface area contributed by atoms with Crippen LogP contribution in [0, 0.1) is 0 Å². The lowest BCUT2D eigenvalue weighted by molar-refractivity contribution is 0.0525. The van der Waals surface area contributed by atoms with E-state index in [2.05, 4.69) is 10.2 Å². The van der Waals surface area contributed by atoms with Crippen LogP contribution < -0.4 is 4.74 Å². The van der Waals surface area contributed by atoms with Crippen molar-refractivity contribution in [3.63, 3.8) is 0 Å². The Morgan fingerprint density at radius 1 is 1.24 bits per heavy atom. The highest BCUT2D eigenvalue weighted by atomic mass is 32.2. The van der Waals surface area contributed by atoms with E-state index in [1.165, 1.54) is 24.3 Å². The van der Waals surface area contributed by atoms with Gasteiger partial charge < -0.3 is 9.47 Å². The minimum absolute atomic E-state index is 0.0969. The minimum Gasteiger partial charge on any atom is -0.461 e. The predicted molar refractivity (Wildman–Crippen MR) is 75.5 cm³/mol. The van der Waals surface area contributed by atoms with Crippen molar-refractivity contribution < 1.29 is 22.7 Å². The second kappa shape index (κ2) is 6.19. The minimum atomic E-state index is -3.25. The molecule has 0 radical (unpaired) electrons. The van der Waals surface area contributed by atoms with Crippen LogP contribution in [0.3, 0.4) is 0 Å². The Balaban J connectivity index is 2.10. The third-order valence-electron chi connectivity index (χ3n) is 2.31. The van der Waals surface area contributed by atoms with E-state index in [1.54, 1.807) is 6.92 Å². The van der Waals surface area contributed by atoms with Crippen molar-refractivity contribution in [3.8, 4) is 10.9 Å². The Kier molecular flexibility index (Phi) is 4.53. The number of hydrogen-bond donors (Lipinski definition) is 0. The van der Waals surface area contributed by atoms with Gasteiger partial charge in [-0.25, -0.2) is 13.2 Å². The fourth-order valence-corrected chi connectivity index (χ4v) is 2.62. The number of hydrogen-bond acceptors (Lipinski definition) is 8. The highest BCUT2D eigenvalue weighted by Crippen LogP contribution is 2.26. The number of carbonyl (C=O) groups excluding carboxylic acids is 1. The van der Waals surface area contributed by atoms with Crippen molar-refractivity contribution in [1.29, 1.82) is 0 Å². The molecule has 7 nitrogen and oxygen atoms in total. The zero-order valence-corrected chi connectivity index (χ0v) is 12.9. The molecule has 0 aliphatic rings. The van der Waals surface area contributed by atoms with Gasteiger partial charge in [0.15, 0.2) is 9.84 Å². The van der Waals surface area contributed by atoms with Gasteiger partial charge in [0.25, 0.3) is 5.19 Å². The standard InChI is InChI=1S/C12H12N2O5S2/c1-3-18-11(15)10-13-14-12(20-10)19-8-4-6-9(7-5-8)21(2,16)17/h4-7H,3H2,1-2H3. The molecule has 0 saturated carbocycles. The molecule has 9 heteroatoms. The maximum absolute atomic E-state index is 11.4. The molecular formula is C12H12N2O5S2. The monoisotopic (exact) mass is 328 g/mol. The highest BCUT2D eigenvalue weighted by Gasteiger charge is 2.15. The molecule has 0 aliphatic carbocycles. The number of rotatable bonds is 5. The summed E-state index contributed by atoms with van der Waals surface area (Å²) in [5.41, 5.74) is 0. The van der Waals surface area contributed by atoms with Crippen LogP contribution in [-0.2, 0) is 14.6 Å². The molecule has 21 heavy (non-hydrogen) atoms. The van der Waals surface area contributed by atoms with Gasteiger partial charge in [-0.1, -0.05) is 5.10 Å². The van der Waals surface area contributed by atoms with Gasteiger partial charge >= 0.3 is 5.97 Å². The summed E-state index contributed by atoms with van der Waals surface area (Å²) in [6.45, 7) is 1.95.